The second-order valence-corrected chi connectivity index (χ2v) is 9.21. The summed E-state index contributed by atoms with van der Waals surface area (Å²) >= 11 is 0. The summed E-state index contributed by atoms with van der Waals surface area (Å²) in [6.45, 7) is 1.93. The second-order valence-electron chi connectivity index (χ2n) is 9.21. The zero-order valence-corrected chi connectivity index (χ0v) is 19.6. The molecular weight excluding hydrogens is 469 g/mol. The van der Waals surface area contributed by atoms with E-state index in [4.69, 9.17) is 10.7 Å². The molecule has 1 aliphatic heterocycles. The summed E-state index contributed by atoms with van der Waals surface area (Å²) in [7, 11) is 0. The molecule has 0 amide bonds. The number of imidazole rings is 1. The molecule has 36 heavy (non-hydrogen) atoms. The van der Waals surface area contributed by atoms with Crippen LogP contribution in [0.5, 0.6) is 0 Å². The van der Waals surface area contributed by atoms with E-state index in [1.807, 2.05) is 34.9 Å². The van der Waals surface area contributed by atoms with Crippen molar-refractivity contribution in [2.24, 2.45) is 5.73 Å². The van der Waals surface area contributed by atoms with Crippen LogP contribution in [0.15, 0.2) is 59.4 Å². The van der Waals surface area contributed by atoms with Crippen molar-refractivity contribution in [3.63, 3.8) is 0 Å². The first-order valence-electron chi connectivity index (χ1n) is 12.0. The number of H-pyrrole nitrogens is 1. The highest BCUT2D eigenvalue weighted by Crippen LogP contribution is 2.30. The lowest BCUT2D eigenvalue weighted by molar-refractivity contribution is -0.137. The Balaban J connectivity index is 1.52. The third kappa shape index (κ3) is 5.13. The summed E-state index contributed by atoms with van der Waals surface area (Å²) in [5.41, 5.74) is 7.27. The quantitative estimate of drug-likeness (QED) is 0.423. The van der Waals surface area contributed by atoms with Crippen molar-refractivity contribution in [3.05, 3.63) is 87.5 Å². The van der Waals surface area contributed by atoms with Gasteiger partial charge in [0.25, 0.3) is 5.56 Å². The molecule has 5 rings (SSSR count). The third-order valence-corrected chi connectivity index (χ3v) is 6.48. The van der Waals surface area contributed by atoms with E-state index in [0.29, 0.717) is 36.5 Å². The van der Waals surface area contributed by atoms with Crippen molar-refractivity contribution in [3.8, 4) is 0 Å². The van der Waals surface area contributed by atoms with Gasteiger partial charge in [0.05, 0.1) is 5.56 Å². The monoisotopic (exact) mass is 496 g/mol. The van der Waals surface area contributed by atoms with E-state index in [0.717, 1.165) is 37.1 Å². The number of nitrogens with one attached hydrogen (secondary N) is 1. The third-order valence-electron chi connectivity index (χ3n) is 6.48. The first-order chi connectivity index (χ1) is 17.3. The summed E-state index contributed by atoms with van der Waals surface area (Å²) in [6, 6.07) is 15.0. The van der Waals surface area contributed by atoms with Gasteiger partial charge in [-0.2, -0.15) is 18.2 Å². The zero-order chi connectivity index (χ0) is 25.3. The molecule has 4 aromatic rings. The van der Waals surface area contributed by atoms with Crippen LogP contribution in [0.4, 0.5) is 19.1 Å². The number of aromatic nitrogens is 4. The fourth-order valence-electron chi connectivity index (χ4n) is 4.74. The molecule has 2 aromatic heterocycles. The van der Waals surface area contributed by atoms with Gasteiger partial charge in [0, 0.05) is 32.1 Å². The SMILES string of the molecule is NC1CCCN(c2nc3nc(Cc4cccc(C(F)(F)F)c4)[nH]c(=O)c3n2CCc2ccccc2)C1. The van der Waals surface area contributed by atoms with Crippen molar-refractivity contribution in [2.75, 3.05) is 18.0 Å². The predicted molar refractivity (Wildman–Crippen MR) is 132 cm³/mol. The Kier molecular flexibility index (Phi) is 6.53. The molecule has 1 fully saturated rings. The molecule has 1 unspecified atom stereocenters. The number of hydrogen-bond acceptors (Lipinski definition) is 5. The number of benzene rings is 2. The van der Waals surface area contributed by atoms with Crippen LogP contribution < -0.4 is 16.2 Å². The standard InChI is InChI=1S/C26H27F3N6O/c27-26(28,29)19-9-4-8-18(14-19)15-21-31-23-22(24(36)32-21)35(13-11-17-6-2-1-3-7-17)25(33-23)34-12-5-10-20(30)16-34/h1-4,6-9,14,20H,5,10-13,15-16,30H2,(H,31,32,36). The van der Waals surface area contributed by atoms with Gasteiger partial charge in [-0.25, -0.2) is 4.98 Å². The molecule has 0 spiro atoms. The molecule has 0 bridgehead atoms. The number of alkyl halides is 3. The molecule has 1 aliphatic rings. The molecule has 10 heteroatoms. The minimum atomic E-state index is -4.44. The summed E-state index contributed by atoms with van der Waals surface area (Å²) in [6.07, 6.45) is -1.84. The van der Waals surface area contributed by atoms with Crippen molar-refractivity contribution in [1.29, 1.82) is 0 Å². The largest absolute Gasteiger partial charge is 0.416 e. The fourth-order valence-corrected chi connectivity index (χ4v) is 4.74. The molecule has 3 N–H and O–H groups in total. The van der Waals surface area contributed by atoms with E-state index < -0.39 is 11.7 Å². The molecule has 188 valence electrons. The van der Waals surface area contributed by atoms with E-state index >= 15 is 0 Å². The Bertz CT molecular complexity index is 1410. The van der Waals surface area contributed by atoms with Crippen LogP contribution in [0.3, 0.4) is 0 Å². The first-order valence-corrected chi connectivity index (χ1v) is 12.0. The molecule has 1 atom stereocenters. The molecule has 2 aromatic carbocycles. The van der Waals surface area contributed by atoms with Crippen LogP contribution >= 0.6 is 0 Å². The topological polar surface area (TPSA) is 92.8 Å². The normalized spacial score (nSPS) is 16.6. The lowest BCUT2D eigenvalue weighted by atomic mass is 10.1. The number of nitrogens with zero attached hydrogens (tertiary/aromatic N) is 4. The number of aromatic amines is 1. The Hall–Kier alpha value is -3.66. The molecule has 0 aliphatic carbocycles. The number of halogens is 3. The lowest BCUT2D eigenvalue weighted by Crippen LogP contribution is -2.44. The maximum atomic E-state index is 13.2. The number of rotatable bonds is 6. The van der Waals surface area contributed by atoms with Gasteiger partial charge in [-0.15, -0.1) is 0 Å². The zero-order valence-electron chi connectivity index (χ0n) is 19.6. The highest BCUT2D eigenvalue weighted by atomic mass is 19.4. The van der Waals surface area contributed by atoms with Crippen LogP contribution in [0, 0.1) is 0 Å². The van der Waals surface area contributed by atoms with E-state index in [2.05, 4.69) is 14.9 Å². The highest BCUT2D eigenvalue weighted by molar-refractivity contribution is 5.74. The Morgan fingerprint density at radius 3 is 2.58 bits per heavy atom. The maximum absolute atomic E-state index is 13.2. The predicted octanol–water partition coefficient (Wildman–Crippen LogP) is 3.90. The lowest BCUT2D eigenvalue weighted by Gasteiger charge is -2.31. The van der Waals surface area contributed by atoms with Crippen LogP contribution in [0.25, 0.3) is 11.2 Å². The molecule has 7 nitrogen and oxygen atoms in total. The molecule has 3 heterocycles. The minimum Gasteiger partial charge on any atom is -0.341 e. The van der Waals surface area contributed by atoms with Gasteiger partial charge < -0.3 is 20.2 Å². The van der Waals surface area contributed by atoms with Crippen LogP contribution in [-0.2, 0) is 25.6 Å². The van der Waals surface area contributed by atoms with E-state index in [-0.39, 0.29) is 29.5 Å². The summed E-state index contributed by atoms with van der Waals surface area (Å²) < 4.78 is 41.3. The fraction of sp³-hybridized carbons (Fsp3) is 0.346. The average molecular weight is 497 g/mol. The summed E-state index contributed by atoms with van der Waals surface area (Å²) in [5.74, 6) is 0.909. The Labute approximate surface area is 205 Å². The summed E-state index contributed by atoms with van der Waals surface area (Å²) in [4.78, 5) is 27.4. The van der Waals surface area contributed by atoms with Crippen LogP contribution in [-0.4, -0.2) is 38.7 Å². The smallest absolute Gasteiger partial charge is 0.341 e. The van der Waals surface area contributed by atoms with Gasteiger partial charge in [0.15, 0.2) is 11.2 Å². The number of anilines is 1. The Morgan fingerprint density at radius 2 is 1.83 bits per heavy atom. The van der Waals surface area contributed by atoms with E-state index in [1.165, 1.54) is 6.07 Å². The Morgan fingerprint density at radius 1 is 1.06 bits per heavy atom. The number of nitrogens with two attached hydrogens (primary N) is 1. The number of hydrogen-bond donors (Lipinski definition) is 2. The van der Waals surface area contributed by atoms with Gasteiger partial charge in [0.2, 0.25) is 5.95 Å². The van der Waals surface area contributed by atoms with Gasteiger partial charge in [-0.3, -0.25) is 4.79 Å². The van der Waals surface area contributed by atoms with Gasteiger partial charge in [0.1, 0.15) is 5.82 Å². The van der Waals surface area contributed by atoms with Gasteiger partial charge >= 0.3 is 6.18 Å². The van der Waals surface area contributed by atoms with Crippen molar-refractivity contribution < 1.29 is 13.2 Å². The number of aryl methyl sites for hydroxylation is 2. The molecule has 0 saturated carbocycles. The van der Waals surface area contributed by atoms with Crippen molar-refractivity contribution in [1.82, 2.24) is 19.5 Å². The van der Waals surface area contributed by atoms with Crippen molar-refractivity contribution >= 4 is 17.1 Å². The van der Waals surface area contributed by atoms with Crippen LogP contribution in [0.2, 0.25) is 0 Å². The highest BCUT2D eigenvalue weighted by Gasteiger charge is 2.30. The van der Waals surface area contributed by atoms with Gasteiger partial charge in [-0.05, 0) is 36.5 Å². The van der Waals surface area contributed by atoms with Crippen LogP contribution in [0.1, 0.15) is 35.4 Å². The minimum absolute atomic E-state index is 0.0175. The van der Waals surface area contributed by atoms with E-state index in [9.17, 15) is 18.0 Å². The van der Waals surface area contributed by atoms with Crippen molar-refractivity contribution in [2.45, 2.75) is 44.4 Å². The number of fused-ring (bicyclic) bond motifs is 1. The molecular formula is C26H27F3N6O. The van der Waals surface area contributed by atoms with E-state index in [1.54, 1.807) is 6.07 Å². The average Bonchev–Trinajstić information content (AvgIpc) is 3.22. The second kappa shape index (κ2) is 9.77. The maximum Gasteiger partial charge on any atom is 0.416 e. The molecule has 1 saturated heterocycles. The number of piperidine rings is 1. The first kappa shape index (κ1) is 24.1. The summed E-state index contributed by atoms with van der Waals surface area (Å²) in [5, 5.41) is 0. The molecule has 0 radical (unpaired) electrons. The van der Waals surface area contributed by atoms with Gasteiger partial charge in [-0.1, -0.05) is 48.5 Å².